The number of hydrogen-bond acceptors (Lipinski definition) is 5. The number of aryl methyl sites for hydroxylation is 1. The number of nitrogens with zero attached hydrogens (tertiary/aromatic N) is 3. The number of aliphatic hydroxyl groups excluding tert-OH is 1. The molecule has 6 nitrogen and oxygen atoms in total. The molecule has 20 heavy (non-hydrogen) atoms. The van der Waals surface area contributed by atoms with Gasteiger partial charge in [0.15, 0.2) is 5.82 Å². The normalized spacial score (nSPS) is 9.90. The largest absolute Gasteiger partial charge is 0.384 e. The molecule has 0 aliphatic rings. The third-order valence-corrected chi connectivity index (χ3v) is 3.53. The van der Waals surface area contributed by atoms with Crippen LogP contribution in [0.1, 0.15) is 28.0 Å². The number of carbonyl (C=O) groups is 1. The molecule has 2 heterocycles. The molecule has 0 atom stereocenters. The van der Waals surface area contributed by atoms with E-state index in [9.17, 15) is 4.79 Å². The van der Waals surface area contributed by atoms with Gasteiger partial charge in [-0.2, -0.15) is 0 Å². The Morgan fingerprint density at radius 2 is 2.45 bits per heavy atom. The number of carbonyl (C=O) groups excluding carboxylic acids is 1. The van der Waals surface area contributed by atoms with Crippen molar-refractivity contribution in [2.45, 2.75) is 20.0 Å². The van der Waals surface area contributed by atoms with Crippen LogP contribution in [-0.2, 0) is 13.1 Å². The topological polar surface area (TPSA) is 80.0 Å². The molecule has 1 amide bonds. The van der Waals surface area contributed by atoms with Gasteiger partial charge in [0.2, 0.25) is 0 Å². The van der Waals surface area contributed by atoms with E-state index in [1.165, 1.54) is 11.3 Å². The summed E-state index contributed by atoms with van der Waals surface area (Å²) in [5.41, 5.74) is 0.624. The first-order valence-electron chi connectivity index (χ1n) is 6.08. The average Bonchev–Trinajstić information content (AvgIpc) is 3.10. The van der Waals surface area contributed by atoms with Gasteiger partial charge in [-0.05, 0) is 18.4 Å². The molecule has 0 bridgehead atoms. The minimum atomic E-state index is -0.226. The van der Waals surface area contributed by atoms with Gasteiger partial charge in [-0.25, -0.2) is 0 Å². The molecule has 104 valence electrons. The van der Waals surface area contributed by atoms with Gasteiger partial charge in [0.05, 0.1) is 6.54 Å². The predicted octanol–water partition coefficient (Wildman–Crippen LogP) is 0.633. The molecule has 2 aromatic rings. The van der Waals surface area contributed by atoms with Crippen LogP contribution in [0, 0.1) is 11.8 Å². The number of thiophene rings is 1. The number of aromatic nitrogens is 3. The van der Waals surface area contributed by atoms with Gasteiger partial charge in [0, 0.05) is 12.1 Å². The molecule has 2 N–H and O–H groups in total. The van der Waals surface area contributed by atoms with Gasteiger partial charge < -0.3 is 15.0 Å². The monoisotopic (exact) mass is 290 g/mol. The fraction of sp³-hybridized carbons (Fsp3) is 0.308. The maximum absolute atomic E-state index is 12.1. The lowest BCUT2D eigenvalue weighted by Gasteiger charge is -2.05. The van der Waals surface area contributed by atoms with Gasteiger partial charge in [-0.1, -0.05) is 11.8 Å². The van der Waals surface area contributed by atoms with Crippen LogP contribution >= 0.6 is 11.3 Å². The zero-order chi connectivity index (χ0) is 14.4. The third-order valence-electron chi connectivity index (χ3n) is 2.62. The molecular weight excluding hydrogens is 276 g/mol. The summed E-state index contributed by atoms with van der Waals surface area (Å²) in [6.07, 6.45) is 1.63. The maximum Gasteiger partial charge on any atom is 0.263 e. The van der Waals surface area contributed by atoms with Crippen LogP contribution in [0.5, 0.6) is 0 Å². The Bertz CT molecular complexity index is 651. The second kappa shape index (κ2) is 6.84. The van der Waals surface area contributed by atoms with E-state index in [0.29, 0.717) is 22.8 Å². The van der Waals surface area contributed by atoms with Crippen molar-refractivity contribution in [3.05, 3.63) is 34.0 Å². The van der Waals surface area contributed by atoms with Crippen molar-refractivity contribution in [3.63, 3.8) is 0 Å². The molecule has 7 heteroatoms. The van der Waals surface area contributed by atoms with Gasteiger partial charge in [0.25, 0.3) is 5.91 Å². The van der Waals surface area contributed by atoms with Crippen LogP contribution in [0.4, 0.5) is 0 Å². The molecule has 0 aliphatic carbocycles. The van der Waals surface area contributed by atoms with Crippen molar-refractivity contribution in [1.29, 1.82) is 0 Å². The zero-order valence-electron chi connectivity index (χ0n) is 11.0. The van der Waals surface area contributed by atoms with Crippen LogP contribution in [0.15, 0.2) is 17.8 Å². The lowest BCUT2D eigenvalue weighted by atomic mass is 10.2. The minimum absolute atomic E-state index is 0.201. The Labute approximate surface area is 120 Å². The van der Waals surface area contributed by atoms with Crippen LogP contribution in [-0.4, -0.2) is 32.4 Å². The first kappa shape index (κ1) is 14.2. The average molecular weight is 290 g/mol. The number of aliphatic hydroxyl groups is 1. The van der Waals surface area contributed by atoms with E-state index in [2.05, 4.69) is 27.4 Å². The first-order chi connectivity index (χ1) is 9.76. The Kier molecular flexibility index (Phi) is 4.87. The second-order valence-electron chi connectivity index (χ2n) is 3.84. The summed E-state index contributed by atoms with van der Waals surface area (Å²) in [5.74, 6) is 5.80. The molecule has 0 aromatic carbocycles. The number of amides is 1. The molecule has 0 aliphatic heterocycles. The molecule has 0 saturated heterocycles. The summed E-state index contributed by atoms with van der Waals surface area (Å²) in [5, 5.41) is 21.0. The molecule has 0 spiro atoms. The quantitative estimate of drug-likeness (QED) is 0.810. The van der Waals surface area contributed by atoms with E-state index >= 15 is 0 Å². The van der Waals surface area contributed by atoms with E-state index in [1.54, 1.807) is 17.8 Å². The summed E-state index contributed by atoms with van der Waals surface area (Å²) in [6.45, 7) is 2.83. The Morgan fingerprint density at radius 3 is 3.20 bits per heavy atom. The minimum Gasteiger partial charge on any atom is -0.384 e. The predicted molar refractivity (Wildman–Crippen MR) is 75.1 cm³/mol. The molecular formula is C13H14N4O2S. The van der Waals surface area contributed by atoms with Gasteiger partial charge in [0.1, 0.15) is 17.8 Å². The van der Waals surface area contributed by atoms with Crippen molar-refractivity contribution in [3.8, 4) is 11.8 Å². The highest BCUT2D eigenvalue weighted by Gasteiger charge is 2.12. The van der Waals surface area contributed by atoms with E-state index < -0.39 is 0 Å². The van der Waals surface area contributed by atoms with Crippen LogP contribution in [0.2, 0.25) is 0 Å². The number of rotatable bonds is 4. The molecule has 0 saturated carbocycles. The highest BCUT2D eigenvalue weighted by Crippen LogP contribution is 2.15. The van der Waals surface area contributed by atoms with Crippen molar-refractivity contribution < 1.29 is 9.90 Å². The van der Waals surface area contributed by atoms with E-state index in [0.717, 1.165) is 6.54 Å². The van der Waals surface area contributed by atoms with E-state index in [1.807, 2.05) is 11.5 Å². The summed E-state index contributed by atoms with van der Waals surface area (Å²) >= 11 is 1.32. The fourth-order valence-corrected chi connectivity index (χ4v) is 2.40. The van der Waals surface area contributed by atoms with Gasteiger partial charge in [-0.3, -0.25) is 4.79 Å². The van der Waals surface area contributed by atoms with Crippen LogP contribution < -0.4 is 5.32 Å². The number of nitrogens with one attached hydrogen (secondary N) is 1. The van der Waals surface area contributed by atoms with Crippen LogP contribution in [0.25, 0.3) is 0 Å². The highest BCUT2D eigenvalue weighted by atomic mass is 32.1. The summed E-state index contributed by atoms with van der Waals surface area (Å²) in [4.78, 5) is 12.6. The van der Waals surface area contributed by atoms with Gasteiger partial charge in [-0.15, -0.1) is 21.5 Å². The van der Waals surface area contributed by atoms with Crippen LogP contribution in [0.3, 0.4) is 0 Å². The Balaban J connectivity index is 2.04. The Morgan fingerprint density at radius 1 is 1.60 bits per heavy atom. The highest BCUT2D eigenvalue weighted by molar-refractivity contribution is 7.12. The summed E-state index contributed by atoms with van der Waals surface area (Å²) in [7, 11) is 0. The van der Waals surface area contributed by atoms with E-state index in [4.69, 9.17) is 5.11 Å². The van der Waals surface area contributed by atoms with Crippen molar-refractivity contribution >= 4 is 17.2 Å². The van der Waals surface area contributed by atoms with Gasteiger partial charge >= 0.3 is 0 Å². The summed E-state index contributed by atoms with van der Waals surface area (Å²) in [6, 6.07) is 1.76. The molecule has 0 unspecified atom stereocenters. The summed E-state index contributed by atoms with van der Waals surface area (Å²) < 4.78 is 1.86. The second-order valence-corrected chi connectivity index (χ2v) is 4.76. The molecule has 2 aromatic heterocycles. The fourth-order valence-electron chi connectivity index (χ4n) is 1.64. The molecule has 0 fully saturated rings. The standard InChI is InChI=1S/C13H14N4O2S/c1-2-17-9-15-16-11(17)8-14-13(19)12-10(4-3-6-18)5-7-20-12/h5,7,9,18H,2,6,8H2,1H3,(H,14,19). The SMILES string of the molecule is CCn1cnnc1CNC(=O)c1sccc1C#CCO. The third kappa shape index (κ3) is 3.23. The lowest BCUT2D eigenvalue weighted by molar-refractivity contribution is 0.0953. The van der Waals surface area contributed by atoms with Crippen molar-refractivity contribution in [2.24, 2.45) is 0 Å². The zero-order valence-corrected chi connectivity index (χ0v) is 11.8. The van der Waals surface area contributed by atoms with Crippen molar-refractivity contribution in [2.75, 3.05) is 6.61 Å². The van der Waals surface area contributed by atoms with Crippen molar-refractivity contribution in [1.82, 2.24) is 20.1 Å². The first-order valence-corrected chi connectivity index (χ1v) is 6.96. The Hall–Kier alpha value is -2.17. The smallest absolute Gasteiger partial charge is 0.263 e. The molecule has 0 radical (unpaired) electrons. The molecule has 2 rings (SSSR count). The lowest BCUT2D eigenvalue weighted by Crippen LogP contribution is -2.24. The maximum atomic E-state index is 12.1. The van der Waals surface area contributed by atoms with E-state index in [-0.39, 0.29) is 12.5 Å². The number of hydrogen-bond donors (Lipinski definition) is 2.